The lowest BCUT2D eigenvalue weighted by molar-refractivity contribution is -0.136. The zero-order valence-electron chi connectivity index (χ0n) is 13.5. The van der Waals surface area contributed by atoms with E-state index in [0.29, 0.717) is 11.1 Å². The Morgan fingerprint density at radius 3 is 2.88 bits per heavy atom. The smallest absolute Gasteiger partial charge is 0.337 e. The van der Waals surface area contributed by atoms with Gasteiger partial charge < -0.3 is 25.0 Å². The predicted octanol–water partition coefficient (Wildman–Crippen LogP) is 0.202. The number of H-pyrrole nitrogens is 1. The number of nitrogens with zero attached hydrogens (tertiary/aromatic N) is 1. The van der Waals surface area contributed by atoms with Crippen LogP contribution in [0.2, 0.25) is 0 Å². The van der Waals surface area contributed by atoms with Crippen LogP contribution in [0.3, 0.4) is 0 Å². The van der Waals surface area contributed by atoms with Crippen LogP contribution in [0.25, 0.3) is 10.8 Å². The van der Waals surface area contributed by atoms with E-state index in [1.165, 1.54) is 12.0 Å². The van der Waals surface area contributed by atoms with Crippen molar-refractivity contribution in [1.82, 2.24) is 9.88 Å². The van der Waals surface area contributed by atoms with E-state index < -0.39 is 11.9 Å². The van der Waals surface area contributed by atoms with Gasteiger partial charge in [0.25, 0.3) is 11.5 Å². The number of anilines is 1. The van der Waals surface area contributed by atoms with Gasteiger partial charge in [0.15, 0.2) is 0 Å². The summed E-state index contributed by atoms with van der Waals surface area (Å²) in [6.07, 6.45) is 1.56. The van der Waals surface area contributed by atoms with Gasteiger partial charge in [-0.2, -0.15) is 0 Å². The zero-order chi connectivity index (χ0) is 18.0. The number of aromatic nitrogens is 1. The summed E-state index contributed by atoms with van der Waals surface area (Å²) in [6, 6.07) is 6.84. The lowest BCUT2D eigenvalue weighted by atomic mass is 10.1. The standard InChI is InChI=1S/C17H17N3O5/c1-25-17(24)13-9-20(6-7-21)16(23)14(13)19-11-3-2-10-4-5-18-15(22)12(10)8-11/h2-5,8,19,21H,6-7,9H2,1H3,(H,18,22). The van der Waals surface area contributed by atoms with Crippen LogP contribution in [-0.4, -0.2) is 53.7 Å². The Balaban J connectivity index is 1.98. The number of amides is 1. The molecule has 25 heavy (non-hydrogen) atoms. The highest BCUT2D eigenvalue weighted by atomic mass is 16.5. The Morgan fingerprint density at radius 2 is 2.16 bits per heavy atom. The van der Waals surface area contributed by atoms with E-state index in [4.69, 9.17) is 9.84 Å². The largest absolute Gasteiger partial charge is 0.466 e. The van der Waals surface area contributed by atoms with Gasteiger partial charge in [-0.25, -0.2) is 4.79 Å². The maximum absolute atomic E-state index is 12.5. The molecule has 1 aromatic heterocycles. The number of carbonyl (C=O) groups excluding carboxylic acids is 2. The molecule has 0 aliphatic carbocycles. The summed E-state index contributed by atoms with van der Waals surface area (Å²) in [6.45, 7) is -0.0384. The molecule has 0 saturated carbocycles. The molecule has 0 radical (unpaired) electrons. The van der Waals surface area contributed by atoms with Crippen LogP contribution < -0.4 is 10.9 Å². The third kappa shape index (κ3) is 3.11. The Hall–Kier alpha value is -3.13. The molecule has 8 heteroatoms. The molecule has 130 valence electrons. The summed E-state index contributed by atoms with van der Waals surface area (Å²) < 4.78 is 4.73. The number of esters is 1. The maximum Gasteiger partial charge on any atom is 0.337 e. The lowest BCUT2D eigenvalue weighted by Gasteiger charge is -2.15. The first-order valence-electron chi connectivity index (χ1n) is 7.65. The minimum absolute atomic E-state index is 0.0581. The van der Waals surface area contributed by atoms with Crippen molar-refractivity contribution >= 4 is 28.3 Å². The first-order valence-corrected chi connectivity index (χ1v) is 7.65. The van der Waals surface area contributed by atoms with Crippen LogP contribution in [0.15, 0.2) is 46.5 Å². The first-order chi connectivity index (χ1) is 12.0. The molecule has 3 rings (SSSR count). The van der Waals surface area contributed by atoms with Crippen molar-refractivity contribution in [3.05, 3.63) is 52.1 Å². The molecule has 8 nitrogen and oxygen atoms in total. The van der Waals surface area contributed by atoms with Crippen LogP contribution in [0.4, 0.5) is 5.69 Å². The van der Waals surface area contributed by atoms with Crippen molar-refractivity contribution in [2.24, 2.45) is 0 Å². The van der Waals surface area contributed by atoms with Gasteiger partial charge in [0, 0.05) is 23.8 Å². The average Bonchev–Trinajstić information content (AvgIpc) is 2.92. The van der Waals surface area contributed by atoms with E-state index in [1.807, 2.05) is 0 Å². The third-order valence-corrected chi connectivity index (χ3v) is 4.00. The number of β-amino-alcohol motifs (C(OH)–C–C–N with tert-alkyl or cyclic N) is 1. The molecule has 3 N–H and O–H groups in total. The minimum atomic E-state index is -0.616. The molecule has 1 amide bonds. The number of hydrogen-bond acceptors (Lipinski definition) is 6. The van der Waals surface area contributed by atoms with Crippen LogP contribution in [0.5, 0.6) is 0 Å². The number of methoxy groups -OCH3 is 1. The maximum atomic E-state index is 12.5. The molecule has 0 saturated heterocycles. The lowest BCUT2D eigenvalue weighted by Crippen LogP contribution is -2.31. The van der Waals surface area contributed by atoms with Crippen molar-refractivity contribution in [1.29, 1.82) is 0 Å². The molecule has 0 unspecified atom stereocenters. The topological polar surface area (TPSA) is 112 Å². The summed E-state index contributed by atoms with van der Waals surface area (Å²) in [4.78, 5) is 40.3. The number of fused-ring (bicyclic) bond motifs is 1. The van der Waals surface area contributed by atoms with Crippen LogP contribution in [-0.2, 0) is 14.3 Å². The Morgan fingerprint density at radius 1 is 1.36 bits per heavy atom. The number of carbonyl (C=O) groups is 2. The van der Waals surface area contributed by atoms with Gasteiger partial charge in [0.05, 0.1) is 25.8 Å². The Kier molecular flexibility index (Phi) is 4.53. The molecule has 2 aromatic rings. The van der Waals surface area contributed by atoms with Crippen molar-refractivity contribution in [2.45, 2.75) is 0 Å². The molecule has 0 atom stereocenters. The van der Waals surface area contributed by atoms with E-state index in [2.05, 4.69) is 10.3 Å². The number of aromatic amines is 1. The van der Waals surface area contributed by atoms with Crippen LogP contribution in [0, 0.1) is 0 Å². The first kappa shape index (κ1) is 16.7. The number of aliphatic hydroxyl groups excluding tert-OH is 1. The number of hydrogen-bond donors (Lipinski definition) is 3. The second kappa shape index (κ2) is 6.78. The molecular formula is C17H17N3O5. The van der Waals surface area contributed by atoms with E-state index in [-0.39, 0.29) is 36.5 Å². The normalized spacial score (nSPS) is 14.3. The van der Waals surface area contributed by atoms with Crippen molar-refractivity contribution < 1.29 is 19.4 Å². The van der Waals surface area contributed by atoms with Gasteiger partial charge >= 0.3 is 5.97 Å². The van der Waals surface area contributed by atoms with Crippen molar-refractivity contribution in [3.8, 4) is 0 Å². The van der Waals surface area contributed by atoms with Gasteiger partial charge in [-0.05, 0) is 23.6 Å². The number of aliphatic hydroxyl groups is 1. The highest BCUT2D eigenvalue weighted by Gasteiger charge is 2.34. The van der Waals surface area contributed by atoms with E-state index in [9.17, 15) is 14.4 Å². The molecule has 2 heterocycles. The summed E-state index contributed by atoms with van der Waals surface area (Å²) >= 11 is 0. The summed E-state index contributed by atoms with van der Waals surface area (Å²) in [5.41, 5.74) is 0.526. The van der Waals surface area contributed by atoms with Crippen molar-refractivity contribution in [2.75, 3.05) is 32.1 Å². The fourth-order valence-corrected chi connectivity index (χ4v) is 2.75. The summed E-state index contributed by atoms with van der Waals surface area (Å²) in [5.74, 6) is -1.02. The summed E-state index contributed by atoms with van der Waals surface area (Å²) in [7, 11) is 1.24. The van der Waals surface area contributed by atoms with Gasteiger partial charge in [-0.1, -0.05) is 6.07 Å². The van der Waals surface area contributed by atoms with E-state index in [1.54, 1.807) is 30.5 Å². The van der Waals surface area contributed by atoms with Gasteiger partial charge in [0.1, 0.15) is 5.70 Å². The zero-order valence-corrected chi connectivity index (χ0v) is 13.5. The van der Waals surface area contributed by atoms with Gasteiger partial charge in [0.2, 0.25) is 0 Å². The van der Waals surface area contributed by atoms with E-state index >= 15 is 0 Å². The van der Waals surface area contributed by atoms with Gasteiger partial charge in [-0.15, -0.1) is 0 Å². The molecule has 1 aromatic carbocycles. The van der Waals surface area contributed by atoms with Crippen LogP contribution >= 0.6 is 0 Å². The second-order valence-corrected chi connectivity index (χ2v) is 5.53. The molecule has 1 aliphatic heterocycles. The molecule has 0 fully saturated rings. The van der Waals surface area contributed by atoms with Crippen LogP contribution in [0.1, 0.15) is 0 Å². The third-order valence-electron chi connectivity index (χ3n) is 4.00. The second-order valence-electron chi connectivity index (χ2n) is 5.53. The Bertz CT molecular complexity index is 931. The van der Waals surface area contributed by atoms with Gasteiger partial charge in [-0.3, -0.25) is 9.59 Å². The fraction of sp³-hybridized carbons (Fsp3) is 0.235. The fourth-order valence-electron chi connectivity index (χ4n) is 2.75. The number of ether oxygens (including phenoxy) is 1. The quantitative estimate of drug-likeness (QED) is 0.669. The number of pyridine rings is 1. The highest BCUT2D eigenvalue weighted by Crippen LogP contribution is 2.24. The van der Waals surface area contributed by atoms with Crippen molar-refractivity contribution in [3.63, 3.8) is 0 Å². The monoisotopic (exact) mass is 343 g/mol. The SMILES string of the molecule is COC(=O)C1=C(Nc2ccc3cc[nH]c(=O)c3c2)C(=O)N(CCO)C1. The molecule has 0 bridgehead atoms. The summed E-state index contributed by atoms with van der Waals surface area (Å²) in [5, 5.41) is 13.2. The van der Waals surface area contributed by atoms with E-state index in [0.717, 1.165) is 5.39 Å². The molecule has 1 aliphatic rings. The predicted molar refractivity (Wildman–Crippen MR) is 90.9 cm³/mol. The molecular weight excluding hydrogens is 326 g/mol. The number of rotatable bonds is 5. The highest BCUT2D eigenvalue weighted by molar-refractivity contribution is 6.08. The number of benzene rings is 1. The number of nitrogens with one attached hydrogen (secondary N) is 2. The minimum Gasteiger partial charge on any atom is -0.466 e. The molecule has 0 spiro atoms. The average molecular weight is 343 g/mol. The Labute approximate surface area is 142 Å².